The molecular weight excluding hydrogens is 224 g/mol. The summed E-state index contributed by atoms with van der Waals surface area (Å²) in [5.41, 5.74) is 1.91. The van der Waals surface area contributed by atoms with Gasteiger partial charge in [-0.2, -0.15) is 5.10 Å². The highest BCUT2D eigenvalue weighted by Crippen LogP contribution is 2.20. The molecule has 0 bridgehead atoms. The second kappa shape index (κ2) is 3.75. The lowest BCUT2D eigenvalue weighted by molar-refractivity contribution is 0.602. The van der Waals surface area contributed by atoms with Crippen molar-refractivity contribution >= 4 is 9.84 Å². The van der Waals surface area contributed by atoms with Gasteiger partial charge in [0.1, 0.15) is 0 Å². The molecule has 2 rings (SSSR count). The van der Waals surface area contributed by atoms with Gasteiger partial charge in [0.25, 0.3) is 0 Å². The van der Waals surface area contributed by atoms with E-state index < -0.39 is 9.84 Å². The van der Waals surface area contributed by atoms with Crippen molar-refractivity contribution in [1.82, 2.24) is 9.78 Å². The van der Waals surface area contributed by atoms with Crippen LogP contribution in [0.5, 0.6) is 0 Å². The quantitative estimate of drug-likeness (QED) is 0.793. The number of hydrogen-bond donors (Lipinski definition) is 0. The van der Waals surface area contributed by atoms with Gasteiger partial charge in [-0.3, -0.25) is 4.68 Å². The minimum Gasteiger partial charge on any atom is -0.268 e. The van der Waals surface area contributed by atoms with Gasteiger partial charge in [-0.05, 0) is 23.8 Å². The van der Waals surface area contributed by atoms with Gasteiger partial charge < -0.3 is 0 Å². The summed E-state index contributed by atoms with van der Waals surface area (Å²) in [4.78, 5) is 0.332. The molecule has 0 aliphatic carbocycles. The molecule has 0 amide bonds. The molecule has 0 spiro atoms. The second-order valence-electron chi connectivity index (χ2n) is 3.64. The average Bonchev–Trinajstić information content (AvgIpc) is 2.63. The first kappa shape index (κ1) is 10.9. The van der Waals surface area contributed by atoms with Crippen LogP contribution < -0.4 is 0 Å². The lowest BCUT2D eigenvalue weighted by Crippen LogP contribution is -1.97. The highest BCUT2D eigenvalue weighted by molar-refractivity contribution is 7.90. The Labute approximate surface area is 94.5 Å². The first-order valence-corrected chi connectivity index (χ1v) is 6.66. The molecule has 0 saturated heterocycles. The Hall–Kier alpha value is -1.62. The Kier molecular flexibility index (Phi) is 2.55. The molecule has 1 aromatic heterocycles. The molecule has 1 aromatic carbocycles. The molecule has 2 aromatic rings. The molecule has 0 aliphatic heterocycles. The Balaban J connectivity index is 2.45. The number of benzene rings is 1. The van der Waals surface area contributed by atoms with E-state index in [1.165, 1.54) is 6.26 Å². The van der Waals surface area contributed by atoms with Crippen molar-refractivity contribution in [3.8, 4) is 11.3 Å². The Morgan fingerprint density at radius 3 is 2.19 bits per heavy atom. The first-order valence-electron chi connectivity index (χ1n) is 4.77. The van der Waals surface area contributed by atoms with Crippen LogP contribution in [0.3, 0.4) is 0 Å². The van der Waals surface area contributed by atoms with Crippen LogP contribution in [0.1, 0.15) is 0 Å². The fraction of sp³-hybridized carbons (Fsp3) is 0.182. The smallest absolute Gasteiger partial charge is 0.175 e. The molecule has 0 saturated carbocycles. The molecule has 0 fully saturated rings. The standard InChI is InChI=1S/C11H12N2O2S/c1-13-11(7-8-12-13)9-3-5-10(6-4-9)16(2,14)15/h3-8H,1-2H3. The fourth-order valence-corrected chi connectivity index (χ4v) is 2.16. The van der Waals surface area contributed by atoms with E-state index in [-0.39, 0.29) is 0 Å². The molecule has 0 N–H and O–H groups in total. The van der Waals surface area contributed by atoms with Crippen LogP contribution in [0.4, 0.5) is 0 Å². The molecule has 0 atom stereocenters. The maximum absolute atomic E-state index is 11.3. The van der Waals surface area contributed by atoms with Crippen LogP contribution in [-0.4, -0.2) is 24.5 Å². The van der Waals surface area contributed by atoms with Gasteiger partial charge in [0.2, 0.25) is 0 Å². The van der Waals surface area contributed by atoms with Crippen LogP contribution in [-0.2, 0) is 16.9 Å². The second-order valence-corrected chi connectivity index (χ2v) is 5.65. The van der Waals surface area contributed by atoms with Gasteiger partial charge in [0, 0.05) is 19.5 Å². The third-order valence-corrected chi connectivity index (χ3v) is 3.53. The summed E-state index contributed by atoms with van der Waals surface area (Å²) < 4.78 is 24.3. The Bertz CT molecular complexity index is 597. The van der Waals surface area contributed by atoms with Crippen LogP contribution in [0.2, 0.25) is 0 Å². The minimum atomic E-state index is -3.12. The molecule has 16 heavy (non-hydrogen) atoms. The zero-order chi connectivity index (χ0) is 11.8. The lowest BCUT2D eigenvalue weighted by Gasteiger charge is -2.03. The van der Waals surface area contributed by atoms with Crippen molar-refractivity contribution in [2.24, 2.45) is 7.05 Å². The minimum absolute atomic E-state index is 0.332. The average molecular weight is 236 g/mol. The van der Waals surface area contributed by atoms with Crippen LogP contribution >= 0.6 is 0 Å². The van der Waals surface area contributed by atoms with Crippen molar-refractivity contribution in [1.29, 1.82) is 0 Å². The summed E-state index contributed by atoms with van der Waals surface area (Å²) in [5, 5.41) is 4.06. The summed E-state index contributed by atoms with van der Waals surface area (Å²) in [6.07, 6.45) is 2.91. The number of aryl methyl sites for hydroxylation is 1. The molecule has 0 aliphatic rings. The van der Waals surface area contributed by atoms with Crippen molar-refractivity contribution in [3.05, 3.63) is 36.5 Å². The Morgan fingerprint density at radius 1 is 1.12 bits per heavy atom. The van der Waals surface area contributed by atoms with Gasteiger partial charge in [-0.15, -0.1) is 0 Å². The van der Waals surface area contributed by atoms with Crippen LogP contribution in [0.15, 0.2) is 41.4 Å². The maximum Gasteiger partial charge on any atom is 0.175 e. The van der Waals surface area contributed by atoms with Crippen molar-refractivity contribution in [2.45, 2.75) is 4.90 Å². The van der Waals surface area contributed by atoms with Gasteiger partial charge in [0.05, 0.1) is 10.6 Å². The Morgan fingerprint density at radius 2 is 1.75 bits per heavy atom. The molecule has 0 unspecified atom stereocenters. The number of rotatable bonds is 2. The SMILES string of the molecule is Cn1nccc1-c1ccc(S(C)(=O)=O)cc1. The van der Waals surface area contributed by atoms with E-state index >= 15 is 0 Å². The summed E-state index contributed by atoms with van der Waals surface area (Å²) in [6, 6.07) is 8.67. The molecule has 5 heteroatoms. The normalized spacial score (nSPS) is 11.6. The molecule has 1 heterocycles. The third kappa shape index (κ3) is 1.99. The van der Waals surface area contributed by atoms with Gasteiger partial charge in [0.15, 0.2) is 9.84 Å². The van der Waals surface area contributed by atoms with Crippen LogP contribution in [0.25, 0.3) is 11.3 Å². The van der Waals surface area contributed by atoms with E-state index in [9.17, 15) is 8.42 Å². The largest absolute Gasteiger partial charge is 0.268 e. The van der Waals surface area contributed by atoms with Crippen molar-refractivity contribution < 1.29 is 8.42 Å². The summed E-state index contributed by atoms with van der Waals surface area (Å²) in [7, 11) is -1.27. The van der Waals surface area contributed by atoms with Gasteiger partial charge in [-0.25, -0.2) is 8.42 Å². The number of nitrogens with zero attached hydrogens (tertiary/aromatic N) is 2. The fourth-order valence-electron chi connectivity index (χ4n) is 1.53. The predicted octanol–water partition coefficient (Wildman–Crippen LogP) is 1.49. The monoisotopic (exact) mass is 236 g/mol. The highest BCUT2D eigenvalue weighted by Gasteiger charge is 2.07. The van der Waals surface area contributed by atoms with E-state index in [2.05, 4.69) is 5.10 Å². The van der Waals surface area contributed by atoms with Crippen molar-refractivity contribution in [3.63, 3.8) is 0 Å². The van der Waals surface area contributed by atoms with E-state index in [0.29, 0.717) is 4.90 Å². The van der Waals surface area contributed by atoms with Gasteiger partial charge >= 0.3 is 0 Å². The van der Waals surface area contributed by atoms with Gasteiger partial charge in [-0.1, -0.05) is 12.1 Å². The number of hydrogen-bond acceptors (Lipinski definition) is 3. The molecule has 84 valence electrons. The summed E-state index contributed by atoms with van der Waals surface area (Å²) >= 11 is 0. The summed E-state index contributed by atoms with van der Waals surface area (Å²) in [6.45, 7) is 0. The van der Waals surface area contributed by atoms with Crippen molar-refractivity contribution in [2.75, 3.05) is 6.26 Å². The maximum atomic E-state index is 11.3. The first-order chi connectivity index (χ1) is 7.48. The zero-order valence-electron chi connectivity index (χ0n) is 9.08. The zero-order valence-corrected chi connectivity index (χ0v) is 9.90. The molecule has 4 nitrogen and oxygen atoms in total. The molecular formula is C11H12N2O2S. The van der Waals surface area contributed by atoms with Crippen LogP contribution in [0, 0.1) is 0 Å². The number of aromatic nitrogens is 2. The van der Waals surface area contributed by atoms with E-state index in [0.717, 1.165) is 11.3 Å². The summed E-state index contributed by atoms with van der Waals surface area (Å²) in [5.74, 6) is 0. The lowest BCUT2D eigenvalue weighted by atomic mass is 10.1. The van der Waals surface area contributed by atoms with E-state index in [1.807, 2.05) is 13.1 Å². The third-order valence-electron chi connectivity index (χ3n) is 2.40. The highest BCUT2D eigenvalue weighted by atomic mass is 32.2. The predicted molar refractivity (Wildman–Crippen MR) is 61.8 cm³/mol. The van der Waals surface area contributed by atoms with E-state index in [4.69, 9.17) is 0 Å². The number of sulfone groups is 1. The topological polar surface area (TPSA) is 52.0 Å². The molecule has 0 radical (unpaired) electrons. The van der Waals surface area contributed by atoms with E-state index in [1.54, 1.807) is 35.1 Å².